The lowest BCUT2D eigenvalue weighted by atomic mass is 10.0. The van der Waals surface area contributed by atoms with Gasteiger partial charge in [0.2, 0.25) is 11.8 Å². The average Bonchev–Trinajstić information content (AvgIpc) is 3.41. The second-order valence-corrected chi connectivity index (χ2v) is 9.70. The molecule has 3 aromatic rings. The summed E-state index contributed by atoms with van der Waals surface area (Å²) in [6.45, 7) is 5.94. The summed E-state index contributed by atoms with van der Waals surface area (Å²) < 4.78 is 7.38. The number of carbonyl (C=O) groups excluding carboxylic acids is 2. The maximum atomic E-state index is 13.1. The second kappa shape index (κ2) is 8.54. The van der Waals surface area contributed by atoms with Crippen LogP contribution in [0.2, 0.25) is 0 Å². The van der Waals surface area contributed by atoms with Crippen molar-refractivity contribution in [2.24, 2.45) is 5.92 Å². The van der Waals surface area contributed by atoms with Crippen LogP contribution < -0.4 is 9.64 Å². The molecule has 1 aromatic heterocycles. The van der Waals surface area contributed by atoms with Crippen molar-refractivity contribution in [3.63, 3.8) is 0 Å². The molecular formula is C25H27N3O3S. The molecule has 2 fully saturated rings. The van der Waals surface area contributed by atoms with E-state index < -0.39 is 0 Å². The molecule has 2 aliphatic heterocycles. The molecule has 32 heavy (non-hydrogen) atoms. The van der Waals surface area contributed by atoms with Crippen molar-refractivity contribution >= 4 is 39.1 Å². The van der Waals surface area contributed by atoms with Gasteiger partial charge >= 0.3 is 0 Å². The number of amides is 2. The van der Waals surface area contributed by atoms with Gasteiger partial charge in [-0.2, -0.15) is 0 Å². The number of aryl methyl sites for hydroxylation is 2. The number of hydrogen-bond acceptors (Lipinski definition) is 5. The van der Waals surface area contributed by atoms with E-state index in [4.69, 9.17) is 9.72 Å². The van der Waals surface area contributed by atoms with Gasteiger partial charge in [-0.3, -0.25) is 9.59 Å². The summed E-state index contributed by atoms with van der Waals surface area (Å²) in [6, 6.07) is 13.8. The maximum Gasteiger partial charge on any atom is 0.274 e. The number of ether oxygens (including phenoxy) is 1. The summed E-state index contributed by atoms with van der Waals surface area (Å²) in [5, 5.41) is 0.710. The highest BCUT2D eigenvalue weighted by Gasteiger charge is 2.38. The highest BCUT2D eigenvalue weighted by molar-refractivity contribution is 7.20. The number of hydrogen-bond donors (Lipinski definition) is 0. The van der Waals surface area contributed by atoms with E-state index in [1.54, 1.807) is 16.2 Å². The molecule has 2 aromatic carbocycles. The Morgan fingerprint density at radius 2 is 1.78 bits per heavy atom. The zero-order valence-corrected chi connectivity index (χ0v) is 19.2. The molecule has 2 amide bonds. The van der Waals surface area contributed by atoms with Crippen molar-refractivity contribution < 1.29 is 14.3 Å². The molecule has 7 heteroatoms. The first-order valence-corrected chi connectivity index (χ1v) is 12.0. The Balaban J connectivity index is 1.18. The van der Waals surface area contributed by atoms with Crippen LogP contribution in [0.15, 0.2) is 42.5 Å². The van der Waals surface area contributed by atoms with Crippen molar-refractivity contribution in [2.75, 3.05) is 24.5 Å². The number of nitrogens with zero attached hydrogens (tertiary/aromatic N) is 3. The molecule has 0 radical (unpaired) electrons. The Kier molecular flexibility index (Phi) is 5.59. The number of carbonyl (C=O) groups is 2. The minimum absolute atomic E-state index is 0.0224. The predicted octanol–water partition coefficient (Wildman–Crippen LogP) is 4.34. The lowest BCUT2D eigenvalue weighted by molar-refractivity contribution is -0.137. The van der Waals surface area contributed by atoms with E-state index in [0.717, 1.165) is 29.6 Å². The third-order valence-corrected chi connectivity index (χ3v) is 7.57. The Morgan fingerprint density at radius 1 is 1.06 bits per heavy atom. The molecule has 2 aliphatic rings. The molecule has 0 spiro atoms. The lowest BCUT2D eigenvalue weighted by Gasteiger charge is -2.33. The third-order valence-electron chi connectivity index (χ3n) is 6.49. The smallest absolute Gasteiger partial charge is 0.274 e. The van der Waals surface area contributed by atoms with Crippen molar-refractivity contribution in [3.8, 4) is 5.19 Å². The Bertz CT molecular complexity index is 1110. The predicted molar refractivity (Wildman–Crippen MR) is 126 cm³/mol. The molecule has 1 atom stereocenters. The van der Waals surface area contributed by atoms with E-state index in [-0.39, 0.29) is 30.3 Å². The number of fused-ring (bicyclic) bond motifs is 1. The number of rotatable bonds is 4. The quantitative estimate of drug-likeness (QED) is 0.595. The van der Waals surface area contributed by atoms with E-state index in [2.05, 4.69) is 26.0 Å². The van der Waals surface area contributed by atoms with Crippen molar-refractivity contribution in [1.82, 2.24) is 9.88 Å². The maximum absolute atomic E-state index is 13.1. The molecule has 6 nitrogen and oxygen atoms in total. The van der Waals surface area contributed by atoms with Gasteiger partial charge < -0.3 is 14.5 Å². The first-order chi connectivity index (χ1) is 15.5. The van der Waals surface area contributed by atoms with Crippen molar-refractivity contribution in [3.05, 3.63) is 53.6 Å². The Morgan fingerprint density at radius 3 is 2.50 bits per heavy atom. The number of likely N-dealkylation sites (tertiary alicyclic amines) is 1. The van der Waals surface area contributed by atoms with E-state index in [0.29, 0.717) is 24.8 Å². The van der Waals surface area contributed by atoms with Gasteiger partial charge in [-0.05, 0) is 37.1 Å². The number of benzene rings is 2. The van der Waals surface area contributed by atoms with Crippen LogP contribution >= 0.6 is 11.3 Å². The number of anilines is 1. The number of piperidine rings is 1. The van der Waals surface area contributed by atoms with Gasteiger partial charge in [-0.15, -0.1) is 0 Å². The fraction of sp³-hybridized carbons (Fsp3) is 0.400. The highest BCUT2D eigenvalue weighted by Crippen LogP contribution is 2.34. The minimum atomic E-state index is -0.268. The van der Waals surface area contributed by atoms with Crippen LogP contribution in [-0.4, -0.2) is 47.4 Å². The normalized spacial score (nSPS) is 19.7. The first kappa shape index (κ1) is 20.9. The standard InChI is InChI=1S/C25H27N3O3S/c1-16-8-9-17(2)23-22(16)26-25(32-23)31-20-10-12-27(13-11-20)24(30)18-14-21(29)28(15-18)19-6-4-3-5-7-19/h3-9,18,20H,10-15H2,1-2H3. The zero-order chi connectivity index (χ0) is 22.2. The van der Waals surface area contributed by atoms with Gasteiger partial charge in [0.05, 0.1) is 16.1 Å². The molecular weight excluding hydrogens is 422 g/mol. The number of aromatic nitrogens is 1. The summed E-state index contributed by atoms with van der Waals surface area (Å²) >= 11 is 1.60. The van der Waals surface area contributed by atoms with E-state index >= 15 is 0 Å². The highest BCUT2D eigenvalue weighted by atomic mass is 32.1. The minimum Gasteiger partial charge on any atom is -0.467 e. The number of thiazole rings is 1. The number of para-hydroxylation sites is 1. The van der Waals surface area contributed by atoms with Crippen LogP contribution in [0.3, 0.4) is 0 Å². The van der Waals surface area contributed by atoms with Gasteiger partial charge in [0.25, 0.3) is 5.19 Å². The zero-order valence-electron chi connectivity index (χ0n) is 18.4. The van der Waals surface area contributed by atoms with E-state index in [1.807, 2.05) is 35.2 Å². The van der Waals surface area contributed by atoms with Gasteiger partial charge in [0, 0.05) is 44.6 Å². The van der Waals surface area contributed by atoms with Crippen LogP contribution in [0.4, 0.5) is 5.69 Å². The van der Waals surface area contributed by atoms with Crippen LogP contribution in [0.5, 0.6) is 5.19 Å². The van der Waals surface area contributed by atoms with E-state index in [9.17, 15) is 9.59 Å². The van der Waals surface area contributed by atoms with Crippen molar-refractivity contribution in [2.45, 2.75) is 39.2 Å². The van der Waals surface area contributed by atoms with Gasteiger partial charge in [0.15, 0.2) is 0 Å². The molecule has 2 saturated heterocycles. The monoisotopic (exact) mass is 449 g/mol. The summed E-state index contributed by atoms with van der Waals surface area (Å²) in [6.07, 6.45) is 1.91. The first-order valence-electron chi connectivity index (χ1n) is 11.2. The van der Waals surface area contributed by atoms with Gasteiger partial charge in [-0.25, -0.2) is 4.98 Å². The topological polar surface area (TPSA) is 62.7 Å². The van der Waals surface area contributed by atoms with Crippen LogP contribution in [0.25, 0.3) is 10.2 Å². The van der Waals surface area contributed by atoms with Crippen LogP contribution in [0, 0.1) is 19.8 Å². The summed E-state index contributed by atoms with van der Waals surface area (Å²) in [7, 11) is 0. The molecule has 3 heterocycles. The molecule has 0 bridgehead atoms. The summed E-state index contributed by atoms with van der Waals surface area (Å²) in [4.78, 5) is 33.9. The second-order valence-electron chi connectivity index (χ2n) is 8.74. The summed E-state index contributed by atoms with van der Waals surface area (Å²) in [5.41, 5.74) is 4.26. The third kappa shape index (κ3) is 3.97. The van der Waals surface area contributed by atoms with Crippen molar-refractivity contribution in [1.29, 1.82) is 0 Å². The Hall–Kier alpha value is -2.93. The molecule has 0 N–H and O–H groups in total. The largest absolute Gasteiger partial charge is 0.467 e. The lowest BCUT2D eigenvalue weighted by Crippen LogP contribution is -2.44. The fourth-order valence-electron chi connectivity index (χ4n) is 4.62. The van der Waals surface area contributed by atoms with E-state index in [1.165, 1.54) is 10.3 Å². The molecule has 1 unspecified atom stereocenters. The molecule has 0 saturated carbocycles. The van der Waals surface area contributed by atoms with Gasteiger partial charge in [0.1, 0.15) is 6.10 Å². The fourth-order valence-corrected chi connectivity index (χ4v) is 5.64. The molecule has 5 rings (SSSR count). The Labute approximate surface area is 191 Å². The SMILES string of the molecule is Cc1ccc(C)c2sc(OC3CCN(C(=O)C4CC(=O)N(c5ccccc5)C4)CC3)nc12. The molecule has 166 valence electrons. The molecule has 0 aliphatic carbocycles. The van der Waals surface area contributed by atoms with Gasteiger partial charge in [-0.1, -0.05) is 41.7 Å². The summed E-state index contributed by atoms with van der Waals surface area (Å²) in [5.74, 6) is -0.161. The van der Waals surface area contributed by atoms with Crippen LogP contribution in [0.1, 0.15) is 30.4 Å². The average molecular weight is 450 g/mol. The van der Waals surface area contributed by atoms with Crippen LogP contribution in [-0.2, 0) is 9.59 Å².